The van der Waals surface area contributed by atoms with Crippen LogP contribution >= 0.6 is 11.3 Å². The van der Waals surface area contributed by atoms with Crippen molar-refractivity contribution in [1.82, 2.24) is 5.32 Å². The molecule has 0 spiro atoms. The molecule has 1 heterocycles. The van der Waals surface area contributed by atoms with E-state index in [2.05, 4.69) is 49.5 Å². The van der Waals surface area contributed by atoms with Gasteiger partial charge in [-0.3, -0.25) is 0 Å². The van der Waals surface area contributed by atoms with Gasteiger partial charge >= 0.3 is 0 Å². The fourth-order valence-corrected chi connectivity index (χ4v) is 4.54. The van der Waals surface area contributed by atoms with Gasteiger partial charge in [0.15, 0.2) is 0 Å². The van der Waals surface area contributed by atoms with Crippen molar-refractivity contribution < 1.29 is 0 Å². The Bertz CT molecular complexity index is 653. The molecule has 0 bridgehead atoms. The minimum atomic E-state index is 0.187. The second kappa shape index (κ2) is 5.55. The van der Waals surface area contributed by atoms with E-state index in [1.807, 2.05) is 11.3 Å². The van der Waals surface area contributed by atoms with Crippen molar-refractivity contribution in [2.24, 2.45) is 5.92 Å². The van der Waals surface area contributed by atoms with Crippen LogP contribution in [0.4, 0.5) is 0 Å². The Kier molecular flexibility index (Phi) is 3.78. The van der Waals surface area contributed by atoms with E-state index < -0.39 is 0 Å². The Morgan fingerprint density at radius 1 is 1.35 bits per heavy atom. The highest BCUT2D eigenvalue weighted by Gasteiger charge is 2.29. The van der Waals surface area contributed by atoms with Crippen molar-refractivity contribution in [1.29, 1.82) is 5.26 Å². The first-order valence-corrected chi connectivity index (χ1v) is 8.16. The normalized spacial score (nSPS) is 23.9. The van der Waals surface area contributed by atoms with Crippen LogP contribution in [0.3, 0.4) is 0 Å². The van der Waals surface area contributed by atoms with Gasteiger partial charge in [-0.15, -0.1) is 11.3 Å². The average molecular weight is 284 g/mol. The number of nitriles is 1. The van der Waals surface area contributed by atoms with Crippen molar-refractivity contribution in [2.75, 3.05) is 0 Å². The molecule has 3 rings (SSSR count). The molecule has 1 fully saturated rings. The second-order valence-electron chi connectivity index (χ2n) is 5.75. The average Bonchev–Trinajstić information content (AvgIpc) is 3.04. The zero-order chi connectivity index (χ0) is 14.1. The molecule has 0 aliphatic heterocycles. The van der Waals surface area contributed by atoms with Crippen LogP contribution in [0, 0.1) is 24.2 Å². The summed E-state index contributed by atoms with van der Waals surface area (Å²) >= 11 is 1.88. The summed E-state index contributed by atoms with van der Waals surface area (Å²) in [6, 6.07) is 11.7. The van der Waals surface area contributed by atoms with Crippen molar-refractivity contribution >= 4 is 21.4 Å². The summed E-state index contributed by atoms with van der Waals surface area (Å²) in [6.07, 6.45) is 3.35. The largest absolute Gasteiger partial charge is 0.305 e. The number of nitrogens with one attached hydrogen (secondary N) is 1. The number of benzene rings is 1. The maximum atomic E-state index is 9.20. The fraction of sp³-hybridized carbons (Fsp3) is 0.471. The van der Waals surface area contributed by atoms with E-state index in [1.54, 1.807) is 0 Å². The van der Waals surface area contributed by atoms with Crippen LogP contribution in [-0.2, 0) is 0 Å². The molecule has 20 heavy (non-hydrogen) atoms. The summed E-state index contributed by atoms with van der Waals surface area (Å²) in [5.74, 6) is 0.187. The van der Waals surface area contributed by atoms with E-state index in [0.29, 0.717) is 12.1 Å². The van der Waals surface area contributed by atoms with Gasteiger partial charge in [0, 0.05) is 21.7 Å². The van der Waals surface area contributed by atoms with Crippen LogP contribution in [0.15, 0.2) is 24.3 Å². The number of rotatable bonds is 3. The number of fused-ring (bicyclic) bond motifs is 1. The van der Waals surface area contributed by atoms with E-state index in [9.17, 15) is 5.26 Å². The SMILES string of the molecule is Cc1c(C(C)NC2CCCC2C#N)sc2ccccc12. The Morgan fingerprint density at radius 2 is 2.15 bits per heavy atom. The molecule has 0 saturated heterocycles. The summed E-state index contributed by atoms with van der Waals surface area (Å²) < 4.78 is 1.36. The van der Waals surface area contributed by atoms with Crippen LogP contribution in [0.5, 0.6) is 0 Å². The molecule has 3 unspecified atom stereocenters. The van der Waals surface area contributed by atoms with E-state index in [1.165, 1.54) is 26.9 Å². The Balaban J connectivity index is 1.84. The Morgan fingerprint density at radius 3 is 2.90 bits per heavy atom. The quantitative estimate of drug-likeness (QED) is 0.897. The Hall–Kier alpha value is -1.37. The molecule has 3 atom stereocenters. The highest BCUT2D eigenvalue weighted by molar-refractivity contribution is 7.19. The molecule has 1 aliphatic carbocycles. The van der Waals surface area contributed by atoms with Gasteiger partial charge in [0.2, 0.25) is 0 Å². The van der Waals surface area contributed by atoms with Crippen molar-refractivity contribution in [3.63, 3.8) is 0 Å². The molecule has 0 radical (unpaired) electrons. The van der Waals surface area contributed by atoms with Gasteiger partial charge in [0.05, 0.1) is 12.0 Å². The molecule has 1 aromatic heterocycles. The summed E-state index contributed by atoms with van der Waals surface area (Å²) in [6.45, 7) is 4.44. The van der Waals surface area contributed by atoms with E-state index in [4.69, 9.17) is 0 Å². The van der Waals surface area contributed by atoms with Gasteiger partial charge in [-0.2, -0.15) is 5.26 Å². The highest BCUT2D eigenvalue weighted by Crippen LogP contribution is 2.36. The lowest BCUT2D eigenvalue weighted by Crippen LogP contribution is -2.33. The van der Waals surface area contributed by atoms with Gasteiger partial charge in [-0.1, -0.05) is 24.6 Å². The predicted molar refractivity (Wildman–Crippen MR) is 84.9 cm³/mol. The predicted octanol–water partition coefficient (Wildman–Crippen LogP) is 4.55. The third-order valence-electron chi connectivity index (χ3n) is 4.42. The third kappa shape index (κ3) is 2.34. The second-order valence-corrected chi connectivity index (χ2v) is 6.83. The first kappa shape index (κ1) is 13.6. The van der Waals surface area contributed by atoms with Crippen molar-refractivity contribution in [2.45, 2.75) is 45.2 Å². The molecule has 2 nitrogen and oxygen atoms in total. The van der Waals surface area contributed by atoms with Crippen LogP contribution < -0.4 is 5.32 Å². The monoisotopic (exact) mass is 284 g/mol. The lowest BCUT2D eigenvalue weighted by molar-refractivity contribution is 0.420. The highest BCUT2D eigenvalue weighted by atomic mass is 32.1. The van der Waals surface area contributed by atoms with E-state index in [-0.39, 0.29) is 5.92 Å². The zero-order valence-electron chi connectivity index (χ0n) is 12.0. The number of thiophene rings is 1. The molecule has 3 heteroatoms. The molecule has 1 aromatic carbocycles. The minimum absolute atomic E-state index is 0.187. The minimum Gasteiger partial charge on any atom is -0.305 e. The summed E-state index contributed by atoms with van der Waals surface area (Å²) in [5.41, 5.74) is 1.39. The topological polar surface area (TPSA) is 35.8 Å². The number of nitrogens with zero attached hydrogens (tertiary/aromatic N) is 1. The molecular formula is C17H20N2S. The summed E-state index contributed by atoms with van der Waals surface area (Å²) in [4.78, 5) is 1.41. The third-order valence-corrected chi connectivity index (χ3v) is 5.88. The maximum absolute atomic E-state index is 9.20. The molecular weight excluding hydrogens is 264 g/mol. The number of aryl methyl sites for hydroxylation is 1. The number of hydrogen-bond donors (Lipinski definition) is 1. The van der Waals surface area contributed by atoms with Crippen LogP contribution in [-0.4, -0.2) is 6.04 Å². The van der Waals surface area contributed by atoms with Gasteiger partial charge in [-0.05, 0) is 43.7 Å². The first-order valence-electron chi connectivity index (χ1n) is 7.34. The van der Waals surface area contributed by atoms with Crippen LogP contribution in [0.1, 0.15) is 42.7 Å². The van der Waals surface area contributed by atoms with Crippen LogP contribution in [0.25, 0.3) is 10.1 Å². The van der Waals surface area contributed by atoms with E-state index >= 15 is 0 Å². The lowest BCUT2D eigenvalue weighted by atomic mass is 10.0. The van der Waals surface area contributed by atoms with Gasteiger partial charge in [-0.25, -0.2) is 0 Å². The first-order chi connectivity index (χ1) is 9.70. The summed E-state index contributed by atoms with van der Waals surface area (Å²) in [7, 11) is 0. The Labute approximate surface area is 124 Å². The van der Waals surface area contributed by atoms with Gasteiger partial charge in [0.1, 0.15) is 0 Å². The zero-order valence-corrected chi connectivity index (χ0v) is 12.8. The number of hydrogen-bond acceptors (Lipinski definition) is 3. The molecule has 1 saturated carbocycles. The molecule has 1 aliphatic rings. The standard InChI is InChI=1S/C17H20N2S/c1-11-14-7-3-4-9-16(14)20-17(11)12(2)19-15-8-5-6-13(15)10-18/h3-4,7,9,12-13,15,19H,5-6,8H2,1-2H3. The molecule has 2 aromatic rings. The maximum Gasteiger partial charge on any atom is 0.0672 e. The van der Waals surface area contributed by atoms with E-state index in [0.717, 1.165) is 12.8 Å². The summed E-state index contributed by atoms with van der Waals surface area (Å²) in [5, 5.41) is 14.3. The molecule has 1 N–H and O–H groups in total. The van der Waals surface area contributed by atoms with Gasteiger partial charge < -0.3 is 5.32 Å². The molecule has 0 amide bonds. The van der Waals surface area contributed by atoms with Gasteiger partial charge in [0.25, 0.3) is 0 Å². The smallest absolute Gasteiger partial charge is 0.0672 e. The van der Waals surface area contributed by atoms with Crippen molar-refractivity contribution in [3.8, 4) is 6.07 Å². The molecule has 104 valence electrons. The lowest BCUT2D eigenvalue weighted by Gasteiger charge is -2.21. The van der Waals surface area contributed by atoms with Crippen molar-refractivity contribution in [3.05, 3.63) is 34.7 Å². The van der Waals surface area contributed by atoms with Crippen LogP contribution in [0.2, 0.25) is 0 Å². The fourth-order valence-electron chi connectivity index (χ4n) is 3.32.